The zero-order chi connectivity index (χ0) is 21.7. The summed E-state index contributed by atoms with van der Waals surface area (Å²) < 4.78 is 6.94. The van der Waals surface area contributed by atoms with Gasteiger partial charge in [-0.15, -0.1) is 10.2 Å². The molecule has 1 heterocycles. The molecule has 0 bridgehead atoms. The first-order chi connectivity index (χ1) is 14.4. The maximum absolute atomic E-state index is 12.4. The number of anilines is 1. The Bertz CT molecular complexity index is 1080. The molecule has 3 rings (SSSR count). The number of amides is 1. The number of nitro groups is 1. The van der Waals surface area contributed by atoms with Crippen molar-refractivity contribution in [3.63, 3.8) is 0 Å². The first kappa shape index (κ1) is 21.3. The summed E-state index contributed by atoms with van der Waals surface area (Å²) in [4.78, 5) is 23.1. The predicted octanol–water partition coefficient (Wildman–Crippen LogP) is 3.92. The van der Waals surface area contributed by atoms with E-state index in [-0.39, 0.29) is 23.0 Å². The van der Waals surface area contributed by atoms with Crippen molar-refractivity contribution in [3.8, 4) is 17.1 Å². The number of nitrogens with one attached hydrogen (secondary N) is 1. The molecule has 0 aliphatic rings. The van der Waals surface area contributed by atoms with E-state index >= 15 is 0 Å². The van der Waals surface area contributed by atoms with Gasteiger partial charge in [0.2, 0.25) is 5.91 Å². The molecule has 0 saturated carbocycles. The van der Waals surface area contributed by atoms with Crippen molar-refractivity contribution in [1.82, 2.24) is 14.8 Å². The van der Waals surface area contributed by atoms with Crippen LogP contribution in [0.3, 0.4) is 0 Å². The molecule has 0 unspecified atom stereocenters. The maximum Gasteiger partial charge on any atom is 0.296 e. The number of methoxy groups -OCH3 is 1. The quantitative estimate of drug-likeness (QED) is 0.329. The largest absolute Gasteiger partial charge is 0.496 e. The number of carbonyl (C=O) groups excluding carboxylic acids is 1. The van der Waals surface area contributed by atoms with E-state index in [9.17, 15) is 14.9 Å². The lowest BCUT2D eigenvalue weighted by molar-refractivity contribution is -0.384. The summed E-state index contributed by atoms with van der Waals surface area (Å²) in [6.45, 7) is 4.63. The van der Waals surface area contributed by atoms with Crippen molar-refractivity contribution >= 4 is 29.0 Å². The summed E-state index contributed by atoms with van der Waals surface area (Å²) in [5.74, 6) is 0.731. The normalized spacial score (nSPS) is 10.6. The summed E-state index contributed by atoms with van der Waals surface area (Å²) in [5, 5.41) is 22.9. The second kappa shape index (κ2) is 9.40. The predicted molar refractivity (Wildman–Crippen MR) is 115 cm³/mol. The van der Waals surface area contributed by atoms with Gasteiger partial charge in [0, 0.05) is 12.1 Å². The molecule has 0 aliphatic heterocycles. The molecule has 30 heavy (non-hydrogen) atoms. The van der Waals surface area contributed by atoms with Gasteiger partial charge in [-0.3, -0.25) is 14.9 Å². The fourth-order valence-electron chi connectivity index (χ4n) is 2.89. The van der Waals surface area contributed by atoms with Crippen molar-refractivity contribution in [2.45, 2.75) is 25.5 Å². The minimum atomic E-state index is -0.562. The number of hydrogen-bond donors (Lipinski definition) is 1. The minimum absolute atomic E-state index is 0.0368. The lowest BCUT2D eigenvalue weighted by atomic mass is 10.1. The van der Waals surface area contributed by atoms with Crippen molar-refractivity contribution in [3.05, 3.63) is 58.1 Å². The highest BCUT2D eigenvalue weighted by atomic mass is 32.2. The fraction of sp³-hybridized carbons (Fsp3) is 0.250. The minimum Gasteiger partial charge on any atom is -0.496 e. The molecular weight excluding hydrogens is 406 g/mol. The van der Waals surface area contributed by atoms with E-state index in [0.29, 0.717) is 17.5 Å². The average Bonchev–Trinajstić information content (AvgIpc) is 3.15. The molecule has 2 aromatic carbocycles. The number of nitro benzene ring substituents is 1. The number of aryl methyl sites for hydroxylation is 1. The van der Waals surface area contributed by atoms with Crippen LogP contribution >= 0.6 is 11.8 Å². The van der Waals surface area contributed by atoms with Crippen LogP contribution in [0, 0.1) is 17.0 Å². The molecule has 0 radical (unpaired) electrons. The standard InChI is InChI=1S/C20H21N5O4S/c1-4-24-19(14-7-5-6-13(2)10-14)22-23-20(24)30-12-18(26)21-16-9-8-15(29-3)11-17(16)25(27)28/h5-11H,4,12H2,1-3H3,(H,21,26). The lowest BCUT2D eigenvalue weighted by Gasteiger charge is -2.09. The Morgan fingerprint density at radius 1 is 1.27 bits per heavy atom. The van der Waals surface area contributed by atoms with Crippen LogP contribution < -0.4 is 10.1 Å². The summed E-state index contributed by atoms with van der Waals surface area (Å²) in [7, 11) is 1.42. The average molecular weight is 427 g/mol. The monoisotopic (exact) mass is 427 g/mol. The molecule has 0 aliphatic carbocycles. The molecule has 0 spiro atoms. The number of carbonyl (C=O) groups is 1. The molecule has 9 nitrogen and oxygen atoms in total. The van der Waals surface area contributed by atoms with Crippen LogP contribution in [-0.2, 0) is 11.3 Å². The molecule has 1 amide bonds. The van der Waals surface area contributed by atoms with Gasteiger partial charge in [0.1, 0.15) is 11.4 Å². The SMILES string of the molecule is CCn1c(SCC(=O)Nc2ccc(OC)cc2[N+](=O)[O-])nnc1-c1cccc(C)c1. The summed E-state index contributed by atoms with van der Waals surface area (Å²) in [5.41, 5.74) is 1.96. The van der Waals surface area contributed by atoms with Crippen LogP contribution in [0.2, 0.25) is 0 Å². The van der Waals surface area contributed by atoms with E-state index in [1.807, 2.05) is 42.7 Å². The van der Waals surface area contributed by atoms with E-state index in [2.05, 4.69) is 15.5 Å². The number of aromatic nitrogens is 3. The molecule has 0 saturated heterocycles. The van der Waals surface area contributed by atoms with Gasteiger partial charge in [0.15, 0.2) is 11.0 Å². The van der Waals surface area contributed by atoms with E-state index in [1.54, 1.807) is 6.07 Å². The topological polar surface area (TPSA) is 112 Å². The highest BCUT2D eigenvalue weighted by Gasteiger charge is 2.19. The van der Waals surface area contributed by atoms with Crippen molar-refractivity contribution in [1.29, 1.82) is 0 Å². The highest BCUT2D eigenvalue weighted by molar-refractivity contribution is 7.99. The molecule has 1 aromatic heterocycles. The maximum atomic E-state index is 12.4. The first-order valence-electron chi connectivity index (χ1n) is 9.18. The van der Waals surface area contributed by atoms with Gasteiger partial charge in [0.25, 0.3) is 5.69 Å². The number of benzene rings is 2. The zero-order valence-electron chi connectivity index (χ0n) is 16.8. The van der Waals surface area contributed by atoms with E-state index in [4.69, 9.17) is 4.74 Å². The highest BCUT2D eigenvalue weighted by Crippen LogP contribution is 2.29. The third-order valence-corrected chi connectivity index (χ3v) is 5.28. The molecule has 10 heteroatoms. The van der Waals surface area contributed by atoms with Crippen LogP contribution in [0.4, 0.5) is 11.4 Å². The van der Waals surface area contributed by atoms with Gasteiger partial charge in [-0.1, -0.05) is 35.5 Å². The number of ether oxygens (including phenoxy) is 1. The van der Waals surface area contributed by atoms with Gasteiger partial charge in [0.05, 0.1) is 23.9 Å². The van der Waals surface area contributed by atoms with E-state index in [0.717, 1.165) is 17.0 Å². The van der Waals surface area contributed by atoms with Crippen molar-refractivity contribution < 1.29 is 14.5 Å². The number of hydrogen-bond acceptors (Lipinski definition) is 7. The molecule has 1 N–H and O–H groups in total. The smallest absolute Gasteiger partial charge is 0.296 e. The van der Waals surface area contributed by atoms with Crippen LogP contribution in [0.5, 0.6) is 5.75 Å². The number of rotatable bonds is 8. The third-order valence-electron chi connectivity index (χ3n) is 4.32. The van der Waals surface area contributed by atoms with Gasteiger partial charge in [-0.2, -0.15) is 0 Å². The van der Waals surface area contributed by atoms with E-state index < -0.39 is 4.92 Å². The Hall–Kier alpha value is -3.40. The van der Waals surface area contributed by atoms with Crippen molar-refractivity contribution in [2.24, 2.45) is 0 Å². The summed E-state index contributed by atoms with van der Waals surface area (Å²) in [6, 6.07) is 12.2. The Balaban J connectivity index is 1.72. The fourth-order valence-corrected chi connectivity index (χ4v) is 3.69. The Labute approximate surface area is 177 Å². The molecule has 0 fully saturated rings. The van der Waals surface area contributed by atoms with Gasteiger partial charge >= 0.3 is 0 Å². The van der Waals surface area contributed by atoms with Gasteiger partial charge < -0.3 is 14.6 Å². The Kier molecular flexibility index (Phi) is 6.68. The molecule has 0 atom stereocenters. The van der Waals surface area contributed by atoms with E-state index in [1.165, 1.54) is 31.0 Å². The summed E-state index contributed by atoms with van der Waals surface area (Å²) >= 11 is 1.22. The van der Waals surface area contributed by atoms with Crippen molar-refractivity contribution in [2.75, 3.05) is 18.2 Å². The second-order valence-electron chi connectivity index (χ2n) is 6.40. The van der Waals surface area contributed by atoms with Gasteiger partial charge in [-0.05, 0) is 32.0 Å². The lowest BCUT2D eigenvalue weighted by Crippen LogP contribution is -2.15. The van der Waals surface area contributed by atoms with Crippen LogP contribution in [0.1, 0.15) is 12.5 Å². The number of nitrogens with zero attached hydrogens (tertiary/aromatic N) is 4. The number of thioether (sulfide) groups is 1. The van der Waals surface area contributed by atoms with Crippen LogP contribution in [0.15, 0.2) is 47.6 Å². The van der Waals surface area contributed by atoms with Crippen LogP contribution in [-0.4, -0.2) is 38.5 Å². The first-order valence-corrected chi connectivity index (χ1v) is 10.2. The zero-order valence-corrected chi connectivity index (χ0v) is 17.6. The summed E-state index contributed by atoms with van der Waals surface area (Å²) in [6.07, 6.45) is 0. The Morgan fingerprint density at radius 2 is 2.07 bits per heavy atom. The van der Waals surface area contributed by atoms with Crippen LogP contribution in [0.25, 0.3) is 11.4 Å². The molecule has 156 valence electrons. The third kappa shape index (κ3) is 4.77. The molecule has 3 aromatic rings. The van der Waals surface area contributed by atoms with Gasteiger partial charge in [-0.25, -0.2) is 0 Å². The molecular formula is C20H21N5O4S. The second-order valence-corrected chi connectivity index (χ2v) is 7.34. The Morgan fingerprint density at radius 3 is 2.73 bits per heavy atom.